The highest BCUT2D eigenvalue weighted by Gasteiger charge is 2.18. The molecule has 0 bridgehead atoms. The first kappa shape index (κ1) is 14.9. The summed E-state index contributed by atoms with van der Waals surface area (Å²) in [6.45, 7) is 10.6. The van der Waals surface area contributed by atoms with Crippen molar-refractivity contribution in [3.63, 3.8) is 0 Å². The van der Waals surface area contributed by atoms with Crippen molar-refractivity contribution in [3.8, 4) is 0 Å². The predicted molar refractivity (Wildman–Crippen MR) is 67.1 cm³/mol. The fraction of sp³-hybridized carbons (Fsp3) is 1.00. The zero-order valence-corrected chi connectivity index (χ0v) is 11.0. The maximum absolute atomic E-state index is 10.1. The van der Waals surface area contributed by atoms with E-state index >= 15 is 0 Å². The predicted octanol–water partition coefficient (Wildman–Crippen LogP) is 2.95. The largest absolute Gasteiger partial charge is 0.390 e. The van der Waals surface area contributed by atoms with Crippen LogP contribution in [-0.2, 0) is 0 Å². The highest BCUT2D eigenvalue weighted by molar-refractivity contribution is 4.73. The lowest BCUT2D eigenvalue weighted by atomic mass is 9.93. The van der Waals surface area contributed by atoms with Crippen molar-refractivity contribution < 1.29 is 5.11 Å². The average Bonchev–Trinajstić information content (AvgIpc) is 2.11. The molecule has 92 valence electrons. The van der Waals surface area contributed by atoms with Gasteiger partial charge in [-0.15, -0.1) is 0 Å². The second-order valence-corrected chi connectivity index (χ2v) is 5.28. The average molecular weight is 215 g/mol. The maximum Gasteiger partial charge on any atom is 0.0631 e. The van der Waals surface area contributed by atoms with E-state index in [0.717, 1.165) is 44.7 Å². The molecule has 0 aromatic carbocycles. The fourth-order valence-electron chi connectivity index (χ4n) is 1.68. The van der Waals surface area contributed by atoms with Crippen molar-refractivity contribution in [1.29, 1.82) is 0 Å². The van der Waals surface area contributed by atoms with Gasteiger partial charge < -0.3 is 10.4 Å². The zero-order chi connectivity index (χ0) is 11.7. The zero-order valence-electron chi connectivity index (χ0n) is 11.0. The van der Waals surface area contributed by atoms with Crippen molar-refractivity contribution in [3.05, 3.63) is 0 Å². The van der Waals surface area contributed by atoms with Crippen molar-refractivity contribution in [2.45, 2.75) is 65.4 Å². The molecular weight excluding hydrogens is 186 g/mol. The van der Waals surface area contributed by atoms with Gasteiger partial charge in [0, 0.05) is 0 Å². The summed E-state index contributed by atoms with van der Waals surface area (Å²) >= 11 is 0. The van der Waals surface area contributed by atoms with E-state index in [4.69, 9.17) is 0 Å². The van der Waals surface area contributed by atoms with Crippen LogP contribution in [0.3, 0.4) is 0 Å². The minimum Gasteiger partial charge on any atom is -0.390 e. The molecule has 0 aromatic heterocycles. The molecule has 0 aliphatic rings. The van der Waals surface area contributed by atoms with Crippen LogP contribution in [0.15, 0.2) is 0 Å². The van der Waals surface area contributed by atoms with E-state index in [1.54, 1.807) is 0 Å². The first-order valence-electron chi connectivity index (χ1n) is 6.41. The molecule has 2 nitrogen and oxygen atoms in total. The van der Waals surface area contributed by atoms with Gasteiger partial charge in [0.2, 0.25) is 0 Å². The lowest BCUT2D eigenvalue weighted by molar-refractivity contribution is 0.0390. The fourth-order valence-corrected chi connectivity index (χ4v) is 1.68. The number of rotatable bonds is 9. The van der Waals surface area contributed by atoms with Crippen molar-refractivity contribution in [2.75, 3.05) is 13.1 Å². The first-order chi connectivity index (χ1) is 6.98. The van der Waals surface area contributed by atoms with Gasteiger partial charge >= 0.3 is 0 Å². The van der Waals surface area contributed by atoms with Gasteiger partial charge in [-0.2, -0.15) is 0 Å². The van der Waals surface area contributed by atoms with E-state index in [1.165, 1.54) is 6.42 Å². The van der Waals surface area contributed by atoms with Crippen LogP contribution in [0.5, 0.6) is 0 Å². The van der Waals surface area contributed by atoms with E-state index in [1.807, 2.05) is 6.92 Å². The summed E-state index contributed by atoms with van der Waals surface area (Å²) in [5, 5.41) is 13.4. The maximum atomic E-state index is 10.1. The van der Waals surface area contributed by atoms with E-state index in [0.29, 0.717) is 0 Å². The second kappa shape index (κ2) is 8.12. The Hall–Kier alpha value is -0.0800. The van der Waals surface area contributed by atoms with Gasteiger partial charge in [-0.05, 0) is 45.2 Å². The number of aliphatic hydroxyl groups is 1. The highest BCUT2D eigenvalue weighted by Crippen LogP contribution is 2.19. The monoisotopic (exact) mass is 215 g/mol. The normalized spacial score (nSPS) is 15.6. The number of hydrogen-bond acceptors (Lipinski definition) is 2. The molecule has 0 radical (unpaired) electrons. The molecule has 2 N–H and O–H groups in total. The molecule has 0 saturated carbocycles. The van der Waals surface area contributed by atoms with Crippen LogP contribution >= 0.6 is 0 Å². The molecule has 0 heterocycles. The summed E-state index contributed by atoms with van der Waals surface area (Å²) in [7, 11) is 0. The highest BCUT2D eigenvalue weighted by atomic mass is 16.3. The Balaban J connectivity index is 3.48. The smallest absolute Gasteiger partial charge is 0.0631 e. The molecule has 0 amide bonds. The van der Waals surface area contributed by atoms with E-state index in [2.05, 4.69) is 26.1 Å². The second-order valence-electron chi connectivity index (χ2n) is 5.28. The minimum absolute atomic E-state index is 0.477. The third kappa shape index (κ3) is 10.2. The summed E-state index contributed by atoms with van der Waals surface area (Å²) in [5.41, 5.74) is -0.477. The molecule has 0 fully saturated rings. The summed E-state index contributed by atoms with van der Waals surface area (Å²) in [4.78, 5) is 0. The Morgan fingerprint density at radius 1 is 1.20 bits per heavy atom. The minimum atomic E-state index is -0.477. The molecule has 1 unspecified atom stereocenters. The quantitative estimate of drug-likeness (QED) is 0.580. The van der Waals surface area contributed by atoms with E-state index < -0.39 is 5.60 Å². The van der Waals surface area contributed by atoms with E-state index in [9.17, 15) is 5.11 Å². The topological polar surface area (TPSA) is 32.3 Å². The van der Waals surface area contributed by atoms with Gasteiger partial charge in [0.25, 0.3) is 0 Å². The number of hydrogen-bond donors (Lipinski definition) is 2. The third-order valence-electron chi connectivity index (χ3n) is 2.76. The van der Waals surface area contributed by atoms with Crippen LogP contribution in [-0.4, -0.2) is 23.8 Å². The van der Waals surface area contributed by atoms with Gasteiger partial charge in [-0.3, -0.25) is 0 Å². The van der Waals surface area contributed by atoms with Crippen molar-refractivity contribution >= 4 is 0 Å². The molecule has 15 heavy (non-hydrogen) atoms. The van der Waals surface area contributed by atoms with Gasteiger partial charge in [0.15, 0.2) is 0 Å². The van der Waals surface area contributed by atoms with Crippen LogP contribution in [0.25, 0.3) is 0 Å². The Labute approximate surface area is 95.5 Å². The van der Waals surface area contributed by atoms with Crippen LogP contribution in [0.2, 0.25) is 0 Å². The summed E-state index contributed by atoms with van der Waals surface area (Å²) in [5.74, 6) is 0.749. The van der Waals surface area contributed by atoms with Crippen LogP contribution in [0.4, 0.5) is 0 Å². The molecule has 0 aromatic rings. The number of nitrogens with one attached hydrogen (secondary N) is 1. The Bertz CT molecular complexity index is 143. The van der Waals surface area contributed by atoms with Gasteiger partial charge in [0.1, 0.15) is 0 Å². The van der Waals surface area contributed by atoms with Gasteiger partial charge in [-0.1, -0.05) is 33.6 Å². The van der Waals surface area contributed by atoms with Crippen molar-refractivity contribution in [1.82, 2.24) is 5.32 Å². The Kier molecular flexibility index (Phi) is 8.07. The lowest BCUT2D eigenvalue weighted by Crippen LogP contribution is -2.30. The van der Waals surface area contributed by atoms with E-state index in [-0.39, 0.29) is 0 Å². The summed E-state index contributed by atoms with van der Waals surface area (Å²) in [6, 6.07) is 0. The molecule has 0 spiro atoms. The molecule has 0 aliphatic heterocycles. The first-order valence-corrected chi connectivity index (χ1v) is 6.41. The molecule has 2 heteroatoms. The van der Waals surface area contributed by atoms with Crippen LogP contribution in [0, 0.1) is 5.92 Å². The standard InChI is InChI=1S/C13H29NO/c1-5-10-14-11-9-13(4,15)8-6-7-12(2)3/h12,14-15H,5-11H2,1-4H3. The van der Waals surface area contributed by atoms with Gasteiger partial charge in [-0.25, -0.2) is 0 Å². The Morgan fingerprint density at radius 3 is 2.40 bits per heavy atom. The van der Waals surface area contributed by atoms with Gasteiger partial charge in [0.05, 0.1) is 5.60 Å². The van der Waals surface area contributed by atoms with Crippen LogP contribution in [0.1, 0.15) is 59.8 Å². The SMILES string of the molecule is CCCNCCC(C)(O)CCCC(C)C. The van der Waals surface area contributed by atoms with Crippen molar-refractivity contribution in [2.24, 2.45) is 5.92 Å². The third-order valence-corrected chi connectivity index (χ3v) is 2.76. The molecule has 0 aliphatic carbocycles. The molecule has 1 atom stereocenters. The lowest BCUT2D eigenvalue weighted by Gasteiger charge is -2.23. The molecule has 0 rings (SSSR count). The Morgan fingerprint density at radius 2 is 1.87 bits per heavy atom. The molecule has 0 saturated heterocycles. The summed E-state index contributed by atoms with van der Waals surface area (Å²) < 4.78 is 0. The van der Waals surface area contributed by atoms with Crippen LogP contribution < -0.4 is 5.32 Å². The molecular formula is C13H29NO. The summed E-state index contributed by atoms with van der Waals surface area (Å²) in [6.07, 6.45) is 5.32.